The van der Waals surface area contributed by atoms with Gasteiger partial charge in [0.1, 0.15) is 28.3 Å². The largest absolute Gasteiger partial charge is 0.492 e. The highest BCUT2D eigenvalue weighted by molar-refractivity contribution is 7.89. The second kappa shape index (κ2) is 8.30. The highest BCUT2D eigenvalue weighted by atomic mass is 35.5. The summed E-state index contributed by atoms with van der Waals surface area (Å²) in [5.41, 5.74) is 1.07. The molecular formula is C18H19ClN4O3S2. The fraction of sp³-hybridized carbons (Fsp3) is 0.333. The Labute approximate surface area is 172 Å². The molecule has 4 rings (SSSR count). The Morgan fingerprint density at radius 3 is 2.54 bits per heavy atom. The van der Waals surface area contributed by atoms with Gasteiger partial charge in [0.15, 0.2) is 0 Å². The first kappa shape index (κ1) is 19.5. The topological polar surface area (TPSA) is 75.6 Å². The van der Waals surface area contributed by atoms with E-state index < -0.39 is 10.0 Å². The summed E-state index contributed by atoms with van der Waals surface area (Å²) in [5, 5.41) is 0.675. The quantitative estimate of drug-likeness (QED) is 0.589. The van der Waals surface area contributed by atoms with E-state index in [1.54, 1.807) is 30.3 Å². The minimum atomic E-state index is -3.58. The molecule has 7 nitrogen and oxygen atoms in total. The Bertz CT molecular complexity index is 1050. The van der Waals surface area contributed by atoms with E-state index in [1.165, 1.54) is 4.31 Å². The summed E-state index contributed by atoms with van der Waals surface area (Å²) in [6.45, 7) is 3.48. The number of aromatic nitrogens is 2. The third kappa shape index (κ3) is 4.13. The molecule has 1 aromatic heterocycles. The summed E-state index contributed by atoms with van der Waals surface area (Å²) in [6, 6.07) is 12.3. The van der Waals surface area contributed by atoms with Gasteiger partial charge in [-0.2, -0.15) is 13.1 Å². The van der Waals surface area contributed by atoms with Crippen LogP contribution in [0.3, 0.4) is 0 Å². The molecule has 10 heteroatoms. The minimum absolute atomic E-state index is 0.235. The van der Waals surface area contributed by atoms with E-state index in [9.17, 15) is 8.42 Å². The summed E-state index contributed by atoms with van der Waals surface area (Å²) in [7, 11) is -3.58. The summed E-state index contributed by atoms with van der Waals surface area (Å²) >= 11 is 6.89. The van der Waals surface area contributed by atoms with Crippen LogP contribution in [-0.4, -0.2) is 65.7 Å². The number of nitrogens with zero attached hydrogens (tertiary/aromatic N) is 4. The SMILES string of the molecule is O=S(=O)(c1cccc2nsnc12)N1CCN(CCOc2ccc(Cl)cc2)CC1. The number of halogens is 1. The third-order valence-corrected chi connectivity index (χ3v) is 7.41. The van der Waals surface area contributed by atoms with Crippen molar-refractivity contribution in [2.45, 2.75) is 4.90 Å². The molecule has 0 saturated carbocycles. The number of benzene rings is 2. The van der Waals surface area contributed by atoms with E-state index in [1.807, 2.05) is 12.1 Å². The Morgan fingerprint density at radius 1 is 1.04 bits per heavy atom. The molecule has 0 spiro atoms. The number of piperazine rings is 1. The van der Waals surface area contributed by atoms with E-state index in [0.717, 1.165) is 24.0 Å². The zero-order valence-corrected chi connectivity index (χ0v) is 17.4. The van der Waals surface area contributed by atoms with Gasteiger partial charge in [-0.1, -0.05) is 17.7 Å². The molecule has 0 N–H and O–H groups in total. The predicted octanol–water partition coefficient (Wildman–Crippen LogP) is 2.73. The van der Waals surface area contributed by atoms with Crippen LogP contribution in [0, 0.1) is 0 Å². The van der Waals surface area contributed by atoms with Crippen molar-refractivity contribution in [3.8, 4) is 5.75 Å². The Kier molecular flexibility index (Phi) is 5.79. The standard InChI is InChI=1S/C18H19ClN4O3S2/c19-14-4-6-15(7-5-14)26-13-12-22-8-10-23(11-9-22)28(24,25)17-3-1-2-16-18(17)21-27-20-16/h1-7H,8-13H2. The predicted molar refractivity (Wildman–Crippen MR) is 110 cm³/mol. The van der Waals surface area contributed by atoms with Crippen LogP contribution in [0.1, 0.15) is 0 Å². The summed E-state index contributed by atoms with van der Waals surface area (Å²) in [6.07, 6.45) is 0. The van der Waals surface area contributed by atoms with Crippen molar-refractivity contribution in [3.63, 3.8) is 0 Å². The molecule has 1 saturated heterocycles. The van der Waals surface area contributed by atoms with Gasteiger partial charge in [0.2, 0.25) is 10.0 Å². The van der Waals surface area contributed by atoms with Crippen molar-refractivity contribution in [1.82, 2.24) is 18.0 Å². The lowest BCUT2D eigenvalue weighted by atomic mass is 10.3. The monoisotopic (exact) mass is 438 g/mol. The fourth-order valence-corrected chi connectivity index (χ4v) is 5.45. The van der Waals surface area contributed by atoms with Crippen molar-refractivity contribution in [3.05, 3.63) is 47.5 Å². The van der Waals surface area contributed by atoms with Crippen LogP contribution in [0.25, 0.3) is 11.0 Å². The Balaban J connectivity index is 1.33. The molecule has 3 aromatic rings. The van der Waals surface area contributed by atoms with Crippen molar-refractivity contribution < 1.29 is 13.2 Å². The first-order valence-corrected chi connectivity index (χ1v) is 11.4. The molecule has 148 valence electrons. The van der Waals surface area contributed by atoms with Crippen LogP contribution in [0.5, 0.6) is 5.75 Å². The van der Waals surface area contributed by atoms with E-state index in [0.29, 0.717) is 48.8 Å². The molecule has 2 aromatic carbocycles. The summed E-state index contributed by atoms with van der Waals surface area (Å²) in [5.74, 6) is 0.774. The highest BCUT2D eigenvalue weighted by Crippen LogP contribution is 2.25. The Hall–Kier alpha value is -1.78. The van der Waals surface area contributed by atoms with Gasteiger partial charge in [0.05, 0.1) is 11.7 Å². The average Bonchev–Trinajstić information content (AvgIpc) is 3.19. The zero-order valence-electron chi connectivity index (χ0n) is 15.0. The molecule has 0 unspecified atom stereocenters. The normalized spacial score (nSPS) is 16.5. The maximum atomic E-state index is 13.0. The van der Waals surface area contributed by atoms with Crippen molar-refractivity contribution in [2.75, 3.05) is 39.3 Å². The van der Waals surface area contributed by atoms with E-state index in [4.69, 9.17) is 16.3 Å². The molecule has 0 aliphatic carbocycles. The van der Waals surface area contributed by atoms with Crippen LogP contribution in [0.2, 0.25) is 5.02 Å². The number of sulfonamides is 1. The number of hydrogen-bond acceptors (Lipinski definition) is 7. The lowest BCUT2D eigenvalue weighted by Gasteiger charge is -2.33. The van der Waals surface area contributed by atoms with Crippen molar-refractivity contribution in [1.29, 1.82) is 0 Å². The number of fused-ring (bicyclic) bond motifs is 1. The summed E-state index contributed by atoms with van der Waals surface area (Å²) in [4.78, 5) is 2.44. The third-order valence-electron chi connectivity index (χ3n) is 4.69. The van der Waals surface area contributed by atoms with E-state index >= 15 is 0 Å². The van der Waals surface area contributed by atoms with Crippen LogP contribution >= 0.6 is 23.3 Å². The molecule has 0 amide bonds. The lowest BCUT2D eigenvalue weighted by molar-refractivity contribution is 0.159. The van der Waals surface area contributed by atoms with E-state index in [2.05, 4.69) is 13.6 Å². The molecule has 28 heavy (non-hydrogen) atoms. The van der Waals surface area contributed by atoms with E-state index in [-0.39, 0.29) is 4.90 Å². The van der Waals surface area contributed by atoms with Gasteiger partial charge < -0.3 is 4.74 Å². The van der Waals surface area contributed by atoms with Gasteiger partial charge in [0.25, 0.3) is 0 Å². The number of rotatable bonds is 6. The molecule has 0 atom stereocenters. The Morgan fingerprint density at radius 2 is 1.79 bits per heavy atom. The molecule has 1 fully saturated rings. The maximum absolute atomic E-state index is 13.0. The van der Waals surface area contributed by atoms with Gasteiger partial charge in [-0.15, -0.1) is 0 Å². The van der Waals surface area contributed by atoms with Crippen molar-refractivity contribution in [2.24, 2.45) is 0 Å². The maximum Gasteiger partial charge on any atom is 0.245 e. The zero-order chi connectivity index (χ0) is 19.6. The second-order valence-electron chi connectivity index (χ2n) is 6.44. The smallest absolute Gasteiger partial charge is 0.245 e. The first-order chi connectivity index (χ1) is 13.5. The highest BCUT2D eigenvalue weighted by Gasteiger charge is 2.30. The minimum Gasteiger partial charge on any atom is -0.492 e. The van der Waals surface area contributed by atoms with Gasteiger partial charge >= 0.3 is 0 Å². The van der Waals surface area contributed by atoms with Crippen LogP contribution in [-0.2, 0) is 10.0 Å². The molecule has 0 radical (unpaired) electrons. The lowest BCUT2D eigenvalue weighted by Crippen LogP contribution is -2.49. The number of hydrogen-bond donors (Lipinski definition) is 0. The molecular weight excluding hydrogens is 420 g/mol. The van der Waals surface area contributed by atoms with Gasteiger partial charge in [0, 0.05) is 37.7 Å². The number of ether oxygens (including phenoxy) is 1. The average molecular weight is 439 g/mol. The molecule has 2 heterocycles. The van der Waals surface area contributed by atoms with Gasteiger partial charge in [-0.05, 0) is 36.4 Å². The first-order valence-electron chi connectivity index (χ1n) is 8.86. The van der Waals surface area contributed by atoms with Crippen LogP contribution in [0.15, 0.2) is 47.4 Å². The summed E-state index contributed by atoms with van der Waals surface area (Å²) < 4.78 is 41.6. The molecule has 0 bridgehead atoms. The van der Waals surface area contributed by atoms with Gasteiger partial charge in [-0.25, -0.2) is 8.42 Å². The molecule has 1 aliphatic rings. The fourth-order valence-electron chi connectivity index (χ4n) is 3.15. The van der Waals surface area contributed by atoms with Gasteiger partial charge in [-0.3, -0.25) is 4.90 Å². The van der Waals surface area contributed by atoms with Crippen molar-refractivity contribution >= 4 is 44.4 Å². The second-order valence-corrected chi connectivity index (χ2v) is 9.31. The van der Waals surface area contributed by atoms with Crippen LogP contribution in [0.4, 0.5) is 0 Å². The van der Waals surface area contributed by atoms with Crippen LogP contribution < -0.4 is 4.74 Å². The molecule has 1 aliphatic heterocycles.